The van der Waals surface area contributed by atoms with Crippen LogP contribution in [0.1, 0.15) is 24.0 Å². The van der Waals surface area contributed by atoms with Gasteiger partial charge in [0, 0.05) is 25.7 Å². The third kappa shape index (κ3) is 4.16. The number of hydrogen-bond acceptors (Lipinski definition) is 2. The minimum absolute atomic E-state index is 0.716. The van der Waals surface area contributed by atoms with Gasteiger partial charge < -0.3 is 15.4 Å². The van der Waals surface area contributed by atoms with Gasteiger partial charge in [-0.1, -0.05) is 12.1 Å². The molecule has 1 aliphatic carbocycles. The lowest BCUT2D eigenvalue weighted by molar-refractivity contribution is 0.408. The molecule has 1 aromatic carbocycles. The van der Waals surface area contributed by atoms with E-state index in [-0.39, 0.29) is 0 Å². The predicted molar refractivity (Wildman–Crippen MR) is 78.7 cm³/mol. The first-order valence-electron chi connectivity index (χ1n) is 6.81. The molecule has 1 aliphatic rings. The molecule has 1 aromatic rings. The summed E-state index contributed by atoms with van der Waals surface area (Å²) in [5.74, 6) is 2.62. The number of aliphatic imine (C=N–C) groups is 1. The highest BCUT2D eigenvalue weighted by Gasteiger charge is 2.21. The monoisotopic (exact) mass is 261 g/mol. The van der Waals surface area contributed by atoms with Gasteiger partial charge >= 0.3 is 0 Å². The molecule has 0 heterocycles. The second kappa shape index (κ2) is 6.45. The molecular formula is C15H23N3O. The lowest BCUT2D eigenvalue weighted by Gasteiger charge is -2.14. The second-order valence-electron chi connectivity index (χ2n) is 5.07. The Morgan fingerprint density at radius 1 is 1.37 bits per heavy atom. The van der Waals surface area contributed by atoms with Crippen molar-refractivity contribution in [2.24, 2.45) is 10.9 Å². The van der Waals surface area contributed by atoms with Crippen LogP contribution in [-0.2, 0) is 6.54 Å². The van der Waals surface area contributed by atoms with E-state index in [1.54, 1.807) is 14.2 Å². The van der Waals surface area contributed by atoms with Gasteiger partial charge in [-0.05, 0) is 37.3 Å². The summed E-state index contributed by atoms with van der Waals surface area (Å²) in [7, 11) is 3.51. The molecule has 2 N–H and O–H groups in total. The molecule has 0 saturated heterocycles. The third-order valence-corrected chi connectivity index (χ3v) is 3.37. The molecule has 4 heteroatoms. The van der Waals surface area contributed by atoms with E-state index in [9.17, 15) is 0 Å². The summed E-state index contributed by atoms with van der Waals surface area (Å²) in [4.78, 5) is 4.23. The third-order valence-electron chi connectivity index (χ3n) is 3.37. The van der Waals surface area contributed by atoms with Crippen molar-refractivity contribution in [3.05, 3.63) is 29.3 Å². The van der Waals surface area contributed by atoms with Crippen LogP contribution in [0, 0.1) is 12.8 Å². The molecule has 0 amide bonds. The molecule has 0 aromatic heterocycles. The first-order valence-corrected chi connectivity index (χ1v) is 6.81. The highest BCUT2D eigenvalue weighted by atomic mass is 16.5. The minimum atomic E-state index is 0.716. The fourth-order valence-corrected chi connectivity index (χ4v) is 1.96. The Hall–Kier alpha value is -1.71. The Morgan fingerprint density at radius 3 is 2.79 bits per heavy atom. The number of guanidine groups is 1. The molecule has 0 bridgehead atoms. The van der Waals surface area contributed by atoms with Crippen molar-refractivity contribution < 1.29 is 4.74 Å². The van der Waals surface area contributed by atoms with Crippen LogP contribution in [-0.4, -0.2) is 26.7 Å². The largest absolute Gasteiger partial charge is 0.496 e. The molecule has 1 saturated carbocycles. The van der Waals surface area contributed by atoms with Crippen molar-refractivity contribution in [3.8, 4) is 5.75 Å². The van der Waals surface area contributed by atoms with Gasteiger partial charge in [-0.3, -0.25) is 4.99 Å². The Balaban J connectivity index is 1.89. The SMILES string of the molecule is CN=C(NCc1ccc(C)cc1OC)NCC1CC1. The summed E-state index contributed by atoms with van der Waals surface area (Å²) < 4.78 is 5.40. The molecule has 0 aliphatic heterocycles. The van der Waals surface area contributed by atoms with E-state index in [2.05, 4.69) is 40.7 Å². The Bertz CT molecular complexity index is 453. The Labute approximate surface area is 115 Å². The molecule has 1 fully saturated rings. The molecule has 2 rings (SSSR count). The van der Waals surface area contributed by atoms with Crippen LogP contribution < -0.4 is 15.4 Å². The van der Waals surface area contributed by atoms with Gasteiger partial charge in [0.25, 0.3) is 0 Å². The van der Waals surface area contributed by atoms with E-state index in [0.29, 0.717) is 6.54 Å². The zero-order valence-electron chi connectivity index (χ0n) is 12.0. The molecule has 0 unspecified atom stereocenters. The van der Waals surface area contributed by atoms with Crippen molar-refractivity contribution in [1.82, 2.24) is 10.6 Å². The predicted octanol–water partition coefficient (Wildman–Crippen LogP) is 2.08. The number of rotatable bonds is 5. The molecule has 0 spiro atoms. The first-order chi connectivity index (χ1) is 9.22. The zero-order valence-corrected chi connectivity index (χ0v) is 12.0. The van der Waals surface area contributed by atoms with E-state index in [1.807, 2.05) is 0 Å². The number of methoxy groups -OCH3 is 1. The van der Waals surface area contributed by atoms with Gasteiger partial charge in [0.05, 0.1) is 7.11 Å². The Morgan fingerprint density at radius 2 is 2.16 bits per heavy atom. The topological polar surface area (TPSA) is 45.7 Å². The average Bonchev–Trinajstić information content (AvgIpc) is 3.24. The van der Waals surface area contributed by atoms with Gasteiger partial charge in [-0.2, -0.15) is 0 Å². The number of benzene rings is 1. The maximum atomic E-state index is 5.40. The molecule has 0 atom stereocenters. The fraction of sp³-hybridized carbons (Fsp3) is 0.533. The summed E-state index contributed by atoms with van der Waals surface area (Å²) in [6.45, 7) is 3.80. The summed E-state index contributed by atoms with van der Waals surface area (Å²) >= 11 is 0. The first kappa shape index (κ1) is 13.7. The molecule has 0 radical (unpaired) electrons. The van der Waals surface area contributed by atoms with Crippen LogP contribution in [0.4, 0.5) is 0 Å². The quantitative estimate of drug-likeness (QED) is 0.630. The number of nitrogens with one attached hydrogen (secondary N) is 2. The fourth-order valence-electron chi connectivity index (χ4n) is 1.96. The van der Waals surface area contributed by atoms with E-state index < -0.39 is 0 Å². The maximum absolute atomic E-state index is 5.40. The van der Waals surface area contributed by atoms with Crippen molar-refractivity contribution in [1.29, 1.82) is 0 Å². The van der Waals surface area contributed by atoms with Gasteiger partial charge in [0.2, 0.25) is 0 Å². The van der Waals surface area contributed by atoms with Crippen LogP contribution in [0.2, 0.25) is 0 Å². The molecule has 104 valence electrons. The van der Waals surface area contributed by atoms with E-state index >= 15 is 0 Å². The summed E-state index contributed by atoms with van der Waals surface area (Å²) in [5, 5.41) is 6.67. The minimum Gasteiger partial charge on any atom is -0.496 e. The molecular weight excluding hydrogens is 238 g/mol. The van der Waals surface area contributed by atoms with Crippen molar-refractivity contribution in [2.75, 3.05) is 20.7 Å². The standard InChI is InChI=1S/C15H23N3O/c1-11-4-7-13(14(8-11)19-3)10-18-15(16-2)17-9-12-5-6-12/h4,7-8,12H,5-6,9-10H2,1-3H3,(H2,16,17,18). The normalized spacial score (nSPS) is 15.2. The van der Waals surface area contributed by atoms with Crippen molar-refractivity contribution in [2.45, 2.75) is 26.3 Å². The lowest BCUT2D eigenvalue weighted by Crippen LogP contribution is -2.37. The summed E-state index contributed by atoms with van der Waals surface area (Å²) in [5.41, 5.74) is 2.35. The van der Waals surface area contributed by atoms with Crippen LogP contribution in [0.25, 0.3) is 0 Å². The van der Waals surface area contributed by atoms with Crippen LogP contribution in [0.5, 0.6) is 5.75 Å². The highest BCUT2D eigenvalue weighted by molar-refractivity contribution is 5.79. The number of nitrogens with zero attached hydrogens (tertiary/aromatic N) is 1. The molecule has 19 heavy (non-hydrogen) atoms. The smallest absolute Gasteiger partial charge is 0.191 e. The lowest BCUT2D eigenvalue weighted by atomic mass is 10.1. The van der Waals surface area contributed by atoms with Gasteiger partial charge in [0.1, 0.15) is 5.75 Å². The van der Waals surface area contributed by atoms with Gasteiger partial charge in [0.15, 0.2) is 5.96 Å². The van der Waals surface area contributed by atoms with Gasteiger partial charge in [-0.25, -0.2) is 0 Å². The zero-order chi connectivity index (χ0) is 13.7. The van der Waals surface area contributed by atoms with E-state index in [4.69, 9.17) is 4.74 Å². The van der Waals surface area contributed by atoms with Crippen LogP contribution in [0.15, 0.2) is 23.2 Å². The van der Waals surface area contributed by atoms with Crippen LogP contribution >= 0.6 is 0 Å². The van der Waals surface area contributed by atoms with Crippen molar-refractivity contribution in [3.63, 3.8) is 0 Å². The van der Waals surface area contributed by atoms with Crippen LogP contribution in [0.3, 0.4) is 0 Å². The highest BCUT2D eigenvalue weighted by Crippen LogP contribution is 2.27. The van der Waals surface area contributed by atoms with E-state index in [1.165, 1.54) is 18.4 Å². The summed E-state index contributed by atoms with van der Waals surface area (Å²) in [6, 6.07) is 6.24. The average molecular weight is 261 g/mol. The van der Waals surface area contributed by atoms with Gasteiger partial charge in [-0.15, -0.1) is 0 Å². The second-order valence-corrected chi connectivity index (χ2v) is 5.07. The van der Waals surface area contributed by atoms with Crippen molar-refractivity contribution >= 4 is 5.96 Å². The molecule has 4 nitrogen and oxygen atoms in total. The number of ether oxygens (including phenoxy) is 1. The summed E-state index contributed by atoms with van der Waals surface area (Å²) in [6.07, 6.45) is 2.69. The number of aryl methyl sites for hydroxylation is 1. The maximum Gasteiger partial charge on any atom is 0.191 e. The Kier molecular flexibility index (Phi) is 4.66. The number of hydrogen-bond donors (Lipinski definition) is 2. The van der Waals surface area contributed by atoms with E-state index in [0.717, 1.165) is 29.7 Å².